The van der Waals surface area contributed by atoms with Gasteiger partial charge in [0.25, 0.3) is 32.1 Å². The minimum absolute atomic E-state index is 0.0293. The summed E-state index contributed by atoms with van der Waals surface area (Å²) in [6, 6.07) is 3.96. The van der Waals surface area contributed by atoms with Gasteiger partial charge in [-0.05, 0) is 56.5 Å². The van der Waals surface area contributed by atoms with Crippen molar-refractivity contribution in [2.45, 2.75) is 53.0 Å². The van der Waals surface area contributed by atoms with Crippen LogP contribution in [0.15, 0.2) is 64.0 Å². The normalized spacial score (nSPS) is 15.2. The van der Waals surface area contributed by atoms with Crippen molar-refractivity contribution < 1.29 is 35.5 Å². The highest BCUT2D eigenvalue weighted by Gasteiger charge is 2.23. The van der Waals surface area contributed by atoms with Gasteiger partial charge in [-0.1, -0.05) is 44.1 Å². The van der Waals surface area contributed by atoms with Crippen molar-refractivity contribution in [1.82, 2.24) is 20.6 Å². The SMILES string of the molecule is CCCC(C)C(C=C(CC=CC=C(C)C=C(C)S(=O)(=O)O)S(=O)(=O)O)NC(=O)c1nc2ccc(C(=O)NC)cc2[nH]1. The molecule has 0 fully saturated rings. The smallest absolute Gasteiger partial charge is 0.290 e. The zero-order valence-electron chi connectivity index (χ0n) is 23.5. The summed E-state index contributed by atoms with van der Waals surface area (Å²) in [5, 5.41) is 5.31. The Bertz CT molecular complexity index is 1620. The van der Waals surface area contributed by atoms with Crippen molar-refractivity contribution in [3.8, 4) is 0 Å². The van der Waals surface area contributed by atoms with E-state index in [1.165, 1.54) is 44.4 Å². The molecule has 12 nitrogen and oxygen atoms in total. The van der Waals surface area contributed by atoms with Crippen LogP contribution < -0.4 is 10.6 Å². The molecule has 2 rings (SSSR count). The minimum atomic E-state index is -4.63. The topological polar surface area (TPSA) is 196 Å². The van der Waals surface area contributed by atoms with Crippen LogP contribution in [0.3, 0.4) is 0 Å². The van der Waals surface area contributed by atoms with Crippen molar-refractivity contribution in [2.75, 3.05) is 7.05 Å². The summed E-state index contributed by atoms with van der Waals surface area (Å²) in [5.41, 5.74) is 1.79. The molecular formula is C27H36N4O8S2. The molecule has 0 aliphatic rings. The van der Waals surface area contributed by atoms with Crippen LogP contribution in [0, 0.1) is 5.92 Å². The molecule has 0 radical (unpaired) electrons. The molecule has 2 unspecified atom stereocenters. The molecule has 0 bridgehead atoms. The monoisotopic (exact) mass is 608 g/mol. The second-order valence-electron chi connectivity index (χ2n) is 9.54. The number of benzene rings is 1. The number of nitrogens with one attached hydrogen (secondary N) is 3. The quantitative estimate of drug-likeness (QED) is 0.165. The Labute approximate surface area is 240 Å². The molecule has 2 atom stereocenters. The van der Waals surface area contributed by atoms with Gasteiger partial charge in [-0.3, -0.25) is 18.7 Å². The number of imidazole rings is 1. The minimum Gasteiger partial charge on any atom is -0.355 e. The van der Waals surface area contributed by atoms with Gasteiger partial charge in [-0.2, -0.15) is 16.8 Å². The van der Waals surface area contributed by atoms with E-state index < -0.39 is 32.2 Å². The fourth-order valence-electron chi connectivity index (χ4n) is 3.91. The standard InChI is InChI=1S/C27H36N4O8S2/c1-6-9-18(3)23(31-27(33)25-29-22-13-12-20(26(32)28-5)15-24(22)30-25)16-21(41(37,38)39)11-8-7-10-17(2)14-19(4)40(34,35)36/h7-8,10,12-16,18,23H,6,9,11H2,1-5H3,(H,28,32)(H,29,30)(H,31,33)(H,34,35,36)(H,37,38,39). The Morgan fingerprint density at radius 1 is 1.10 bits per heavy atom. The van der Waals surface area contributed by atoms with Crippen molar-refractivity contribution >= 4 is 43.1 Å². The van der Waals surface area contributed by atoms with Crippen LogP contribution in [-0.2, 0) is 20.2 Å². The summed E-state index contributed by atoms with van der Waals surface area (Å²) in [5.74, 6) is -1.13. The second kappa shape index (κ2) is 14.3. The van der Waals surface area contributed by atoms with E-state index in [-0.39, 0.29) is 33.9 Å². The fourth-order valence-corrected chi connectivity index (χ4v) is 4.87. The van der Waals surface area contributed by atoms with Crippen LogP contribution in [0.5, 0.6) is 0 Å². The first-order chi connectivity index (χ1) is 19.1. The molecule has 2 aromatic rings. The third kappa shape index (κ3) is 10.1. The summed E-state index contributed by atoms with van der Waals surface area (Å²) >= 11 is 0. The second-order valence-corrected chi connectivity index (χ2v) is 12.6. The van der Waals surface area contributed by atoms with Crippen LogP contribution in [0.2, 0.25) is 0 Å². The van der Waals surface area contributed by atoms with Gasteiger partial charge in [0.1, 0.15) is 0 Å². The number of nitrogens with zero attached hydrogens (tertiary/aromatic N) is 1. The van der Waals surface area contributed by atoms with E-state index in [2.05, 4.69) is 20.6 Å². The lowest BCUT2D eigenvalue weighted by molar-refractivity contribution is 0.0923. The lowest BCUT2D eigenvalue weighted by Crippen LogP contribution is -2.39. The molecule has 1 aromatic carbocycles. The molecule has 0 aliphatic heterocycles. The number of hydrogen-bond donors (Lipinski definition) is 5. The van der Waals surface area contributed by atoms with Crippen molar-refractivity contribution in [3.63, 3.8) is 0 Å². The van der Waals surface area contributed by atoms with Gasteiger partial charge in [-0.15, -0.1) is 0 Å². The predicted octanol–water partition coefficient (Wildman–Crippen LogP) is 3.91. The molecule has 0 spiro atoms. The Balaban J connectivity index is 2.34. The molecule has 1 heterocycles. The number of amides is 2. The molecule has 0 saturated carbocycles. The number of carbonyl (C=O) groups is 2. The Morgan fingerprint density at radius 2 is 1.78 bits per heavy atom. The fraction of sp³-hybridized carbons (Fsp3) is 0.370. The van der Waals surface area contributed by atoms with Crippen molar-refractivity contribution in [3.05, 3.63) is 75.4 Å². The summed E-state index contributed by atoms with van der Waals surface area (Å²) in [4.78, 5) is 31.6. The molecule has 5 N–H and O–H groups in total. The van der Waals surface area contributed by atoms with Gasteiger partial charge < -0.3 is 15.6 Å². The molecule has 224 valence electrons. The molecule has 41 heavy (non-hydrogen) atoms. The molecule has 1 aromatic heterocycles. The molecule has 2 amide bonds. The number of aromatic nitrogens is 2. The number of rotatable bonds is 13. The van der Waals surface area contributed by atoms with E-state index in [1.807, 2.05) is 13.8 Å². The van der Waals surface area contributed by atoms with E-state index in [1.54, 1.807) is 25.1 Å². The van der Waals surface area contributed by atoms with Gasteiger partial charge in [0.15, 0.2) is 5.82 Å². The lowest BCUT2D eigenvalue weighted by Gasteiger charge is -2.22. The number of aromatic amines is 1. The molecule has 14 heteroatoms. The Kier molecular flexibility index (Phi) is 11.8. The van der Waals surface area contributed by atoms with E-state index in [9.17, 15) is 31.0 Å². The summed E-state index contributed by atoms with van der Waals surface area (Å²) in [6.45, 7) is 6.61. The maximum Gasteiger partial charge on any atom is 0.290 e. The summed E-state index contributed by atoms with van der Waals surface area (Å²) in [6.07, 6.45) is 8.17. The summed E-state index contributed by atoms with van der Waals surface area (Å²) < 4.78 is 65.6. The van der Waals surface area contributed by atoms with Gasteiger partial charge in [0, 0.05) is 19.0 Å². The average molecular weight is 609 g/mol. The highest BCUT2D eigenvalue weighted by molar-refractivity contribution is 7.90. The van der Waals surface area contributed by atoms with Gasteiger partial charge >= 0.3 is 0 Å². The van der Waals surface area contributed by atoms with Crippen LogP contribution >= 0.6 is 0 Å². The van der Waals surface area contributed by atoms with Gasteiger partial charge in [0.05, 0.1) is 26.9 Å². The van der Waals surface area contributed by atoms with Crippen LogP contribution in [0.25, 0.3) is 11.0 Å². The van der Waals surface area contributed by atoms with Crippen molar-refractivity contribution in [2.24, 2.45) is 5.92 Å². The molecular weight excluding hydrogens is 572 g/mol. The van der Waals surface area contributed by atoms with Crippen molar-refractivity contribution in [1.29, 1.82) is 0 Å². The van der Waals surface area contributed by atoms with Crippen LogP contribution in [-0.4, -0.2) is 60.8 Å². The van der Waals surface area contributed by atoms with Gasteiger partial charge in [-0.25, -0.2) is 4.98 Å². The average Bonchev–Trinajstić information content (AvgIpc) is 3.31. The first kappa shape index (κ1) is 33.6. The largest absolute Gasteiger partial charge is 0.355 e. The third-order valence-electron chi connectivity index (χ3n) is 6.19. The van der Waals surface area contributed by atoms with Gasteiger partial charge in [0.2, 0.25) is 0 Å². The zero-order valence-corrected chi connectivity index (χ0v) is 25.1. The van der Waals surface area contributed by atoms with E-state index in [0.29, 0.717) is 28.6 Å². The maximum atomic E-state index is 13.1. The number of hydrogen-bond acceptors (Lipinski definition) is 7. The lowest BCUT2D eigenvalue weighted by atomic mass is 9.96. The van der Waals surface area contributed by atoms with E-state index in [0.717, 1.165) is 6.42 Å². The number of allylic oxidation sites excluding steroid dienone is 7. The molecule has 0 aliphatic carbocycles. The highest BCUT2D eigenvalue weighted by atomic mass is 32.2. The third-order valence-corrected chi connectivity index (χ3v) is 8.09. The summed E-state index contributed by atoms with van der Waals surface area (Å²) in [7, 11) is -7.44. The van der Waals surface area contributed by atoms with Crippen LogP contribution in [0.1, 0.15) is 67.9 Å². The zero-order chi connectivity index (χ0) is 31.0. The maximum absolute atomic E-state index is 13.1. The molecule has 0 saturated heterocycles. The first-order valence-corrected chi connectivity index (χ1v) is 15.6. The van der Waals surface area contributed by atoms with E-state index in [4.69, 9.17) is 4.55 Å². The number of fused-ring (bicyclic) bond motifs is 1. The van der Waals surface area contributed by atoms with Crippen LogP contribution in [0.4, 0.5) is 0 Å². The first-order valence-electron chi connectivity index (χ1n) is 12.8. The Hall–Kier alpha value is -3.59. The predicted molar refractivity (Wildman–Crippen MR) is 157 cm³/mol. The number of H-pyrrole nitrogens is 1. The van der Waals surface area contributed by atoms with E-state index >= 15 is 0 Å². The highest BCUT2D eigenvalue weighted by Crippen LogP contribution is 2.20. The Morgan fingerprint density at radius 3 is 2.37 bits per heavy atom. The number of carbonyl (C=O) groups excluding carboxylic acids is 2.